The summed E-state index contributed by atoms with van der Waals surface area (Å²) in [4.78, 5) is 29.3. The highest BCUT2D eigenvalue weighted by molar-refractivity contribution is 9.10. The van der Waals surface area contributed by atoms with Gasteiger partial charge in [0.15, 0.2) is 0 Å². The second kappa shape index (κ2) is 13.4. The van der Waals surface area contributed by atoms with Crippen LogP contribution in [0.25, 0.3) is 0 Å². The zero-order chi connectivity index (χ0) is 29.7. The molecule has 214 valence electrons. The van der Waals surface area contributed by atoms with E-state index < -0.39 is 34.1 Å². The molecule has 7 nitrogen and oxygen atoms in total. The Morgan fingerprint density at radius 2 is 1.52 bits per heavy atom. The van der Waals surface area contributed by atoms with Crippen LogP contribution < -0.4 is 9.62 Å². The first-order valence-corrected chi connectivity index (χ1v) is 15.9. The van der Waals surface area contributed by atoms with Gasteiger partial charge in [0.25, 0.3) is 0 Å². The van der Waals surface area contributed by atoms with Crippen LogP contribution in [0.5, 0.6) is 0 Å². The summed E-state index contributed by atoms with van der Waals surface area (Å²) in [7, 11) is -3.93. The van der Waals surface area contributed by atoms with Crippen molar-refractivity contribution >= 4 is 66.7 Å². The zero-order valence-corrected chi connectivity index (χ0v) is 26.6. The first-order valence-electron chi connectivity index (χ1n) is 12.5. The Morgan fingerprint density at radius 1 is 0.925 bits per heavy atom. The molecule has 3 aromatic rings. The maximum atomic E-state index is 14.1. The van der Waals surface area contributed by atoms with Crippen molar-refractivity contribution in [3.63, 3.8) is 0 Å². The van der Waals surface area contributed by atoms with Crippen LogP contribution in [0.2, 0.25) is 10.0 Å². The molecule has 11 heteroatoms. The number of sulfonamides is 1. The fraction of sp³-hybridized carbons (Fsp3) is 0.310. The van der Waals surface area contributed by atoms with Gasteiger partial charge in [-0.15, -0.1) is 0 Å². The smallest absolute Gasteiger partial charge is 0.244 e. The average Bonchev–Trinajstić information content (AvgIpc) is 2.82. The van der Waals surface area contributed by atoms with Gasteiger partial charge >= 0.3 is 0 Å². The second-order valence-corrected chi connectivity index (χ2v) is 14.2. The molecule has 0 bridgehead atoms. The van der Waals surface area contributed by atoms with Crippen LogP contribution >= 0.6 is 39.1 Å². The molecule has 0 heterocycles. The Labute approximate surface area is 254 Å². The third kappa shape index (κ3) is 9.51. The lowest BCUT2D eigenvalue weighted by Gasteiger charge is -2.35. The summed E-state index contributed by atoms with van der Waals surface area (Å²) >= 11 is 15.8. The van der Waals surface area contributed by atoms with Crippen molar-refractivity contribution in [3.05, 3.63) is 98.4 Å². The zero-order valence-electron chi connectivity index (χ0n) is 22.7. The molecule has 0 saturated heterocycles. The number of carbonyl (C=O) groups excluding carboxylic acids is 2. The molecule has 0 radical (unpaired) electrons. The molecular formula is C29H32BrCl2N3O4S. The third-order valence-corrected chi connectivity index (χ3v) is 7.90. The molecule has 1 N–H and O–H groups in total. The molecule has 0 saturated carbocycles. The summed E-state index contributed by atoms with van der Waals surface area (Å²) in [5.41, 5.74) is 1.20. The number of hydrogen-bond acceptors (Lipinski definition) is 4. The van der Waals surface area contributed by atoms with Gasteiger partial charge in [0.05, 0.1) is 11.9 Å². The van der Waals surface area contributed by atoms with E-state index in [-0.39, 0.29) is 34.6 Å². The molecule has 0 spiro atoms. The monoisotopic (exact) mass is 667 g/mol. The van der Waals surface area contributed by atoms with Gasteiger partial charge in [0.1, 0.15) is 12.6 Å². The minimum atomic E-state index is -3.93. The molecule has 0 aliphatic rings. The molecule has 3 aromatic carbocycles. The number of benzene rings is 3. The molecule has 3 rings (SSSR count). The highest BCUT2D eigenvalue weighted by atomic mass is 79.9. The lowest BCUT2D eigenvalue weighted by Crippen LogP contribution is -2.56. The molecule has 1 atom stereocenters. The van der Waals surface area contributed by atoms with Gasteiger partial charge in [-0.3, -0.25) is 13.9 Å². The van der Waals surface area contributed by atoms with Gasteiger partial charge in [-0.2, -0.15) is 0 Å². The van der Waals surface area contributed by atoms with E-state index in [0.717, 1.165) is 26.2 Å². The van der Waals surface area contributed by atoms with Crippen LogP contribution in [0.3, 0.4) is 0 Å². The summed E-state index contributed by atoms with van der Waals surface area (Å²) in [6, 6.07) is 20.2. The van der Waals surface area contributed by atoms with Crippen LogP contribution in [-0.2, 0) is 32.6 Å². The number of hydrogen-bond donors (Lipinski definition) is 1. The van der Waals surface area contributed by atoms with Crippen LogP contribution in [0, 0.1) is 0 Å². The van der Waals surface area contributed by atoms with Gasteiger partial charge in [0.2, 0.25) is 21.8 Å². The van der Waals surface area contributed by atoms with Gasteiger partial charge in [-0.25, -0.2) is 8.42 Å². The summed E-state index contributed by atoms with van der Waals surface area (Å²) < 4.78 is 27.5. The summed E-state index contributed by atoms with van der Waals surface area (Å²) in [6.07, 6.45) is 1.23. The lowest BCUT2D eigenvalue weighted by atomic mass is 10.0. The van der Waals surface area contributed by atoms with Gasteiger partial charge in [-0.05, 0) is 62.2 Å². The van der Waals surface area contributed by atoms with Crippen molar-refractivity contribution in [2.45, 2.75) is 45.3 Å². The van der Waals surface area contributed by atoms with Crippen molar-refractivity contribution in [1.29, 1.82) is 0 Å². The predicted octanol–water partition coefficient (Wildman–Crippen LogP) is 6.08. The third-order valence-electron chi connectivity index (χ3n) is 5.83. The van der Waals surface area contributed by atoms with Crippen LogP contribution in [-0.4, -0.2) is 49.5 Å². The molecule has 0 aliphatic carbocycles. The van der Waals surface area contributed by atoms with E-state index in [1.807, 2.05) is 75.4 Å². The van der Waals surface area contributed by atoms with Crippen molar-refractivity contribution in [3.8, 4) is 0 Å². The standard InChI is InChI=1S/C29H32BrCl2N3O4S/c1-29(2,3)33-28(37)26(14-20-9-6-5-7-10-20)34(18-21-11-8-12-22(30)13-21)27(36)19-35(40(4,38)39)25-16-23(31)15-24(32)17-25/h5-13,15-17,26H,14,18-19H2,1-4H3,(H,33,37)/t26-/m1/s1. The minimum absolute atomic E-state index is 0.0707. The van der Waals surface area contributed by atoms with Gasteiger partial charge in [0, 0.05) is 33.0 Å². The highest BCUT2D eigenvalue weighted by Crippen LogP contribution is 2.28. The predicted molar refractivity (Wildman–Crippen MR) is 165 cm³/mol. The van der Waals surface area contributed by atoms with E-state index in [1.165, 1.54) is 23.1 Å². The number of rotatable bonds is 10. The van der Waals surface area contributed by atoms with Crippen LogP contribution in [0.4, 0.5) is 5.69 Å². The number of nitrogens with one attached hydrogen (secondary N) is 1. The Kier molecular flexibility index (Phi) is 10.7. The number of halogens is 3. The van der Waals surface area contributed by atoms with E-state index in [9.17, 15) is 18.0 Å². The van der Waals surface area contributed by atoms with Crippen molar-refractivity contribution in [2.75, 3.05) is 17.1 Å². The Hall–Kier alpha value is -2.59. The molecular weight excluding hydrogens is 637 g/mol. The molecule has 0 aliphatic heterocycles. The minimum Gasteiger partial charge on any atom is -0.350 e. The highest BCUT2D eigenvalue weighted by Gasteiger charge is 2.34. The molecule has 0 unspecified atom stereocenters. The molecule has 0 aromatic heterocycles. The largest absolute Gasteiger partial charge is 0.350 e. The SMILES string of the molecule is CC(C)(C)NC(=O)[C@@H](Cc1ccccc1)N(Cc1cccc(Br)c1)C(=O)CN(c1cc(Cl)cc(Cl)c1)S(C)(=O)=O. The molecule has 2 amide bonds. The fourth-order valence-electron chi connectivity index (χ4n) is 4.14. The summed E-state index contributed by atoms with van der Waals surface area (Å²) in [5.74, 6) is -0.914. The lowest BCUT2D eigenvalue weighted by molar-refractivity contribution is -0.140. The van der Waals surface area contributed by atoms with Crippen LogP contribution in [0.15, 0.2) is 77.3 Å². The number of carbonyl (C=O) groups is 2. The van der Waals surface area contributed by atoms with E-state index in [1.54, 1.807) is 0 Å². The van der Waals surface area contributed by atoms with E-state index in [4.69, 9.17) is 23.2 Å². The van der Waals surface area contributed by atoms with Gasteiger partial charge < -0.3 is 10.2 Å². The van der Waals surface area contributed by atoms with E-state index in [2.05, 4.69) is 21.2 Å². The average molecular weight is 669 g/mol. The summed E-state index contributed by atoms with van der Waals surface area (Å²) in [6.45, 7) is 5.09. The quantitative estimate of drug-likeness (QED) is 0.284. The van der Waals surface area contributed by atoms with Crippen molar-refractivity contribution in [1.82, 2.24) is 10.2 Å². The first kappa shape index (κ1) is 31.9. The summed E-state index contributed by atoms with van der Waals surface area (Å²) in [5, 5.41) is 3.44. The van der Waals surface area contributed by atoms with Crippen molar-refractivity contribution in [2.24, 2.45) is 0 Å². The second-order valence-electron chi connectivity index (χ2n) is 10.5. The number of anilines is 1. The maximum absolute atomic E-state index is 14.1. The normalized spacial score (nSPS) is 12.5. The molecule has 40 heavy (non-hydrogen) atoms. The van der Waals surface area contributed by atoms with Crippen LogP contribution in [0.1, 0.15) is 31.9 Å². The number of nitrogens with zero attached hydrogens (tertiary/aromatic N) is 2. The Balaban J connectivity index is 2.09. The molecule has 0 fully saturated rings. The fourth-order valence-corrected chi connectivity index (χ4v) is 5.93. The maximum Gasteiger partial charge on any atom is 0.244 e. The Bertz CT molecular complexity index is 1440. The Morgan fingerprint density at radius 3 is 2.08 bits per heavy atom. The topological polar surface area (TPSA) is 86.8 Å². The first-order chi connectivity index (χ1) is 18.6. The number of amides is 2. The van der Waals surface area contributed by atoms with E-state index in [0.29, 0.717) is 0 Å². The van der Waals surface area contributed by atoms with E-state index >= 15 is 0 Å². The van der Waals surface area contributed by atoms with Gasteiger partial charge in [-0.1, -0.05) is 81.6 Å². The van der Waals surface area contributed by atoms with Crippen molar-refractivity contribution < 1.29 is 18.0 Å².